The fraction of sp³-hybridized carbons (Fsp3) is 0.333. The highest BCUT2D eigenvalue weighted by molar-refractivity contribution is 6.39. The molecule has 12 heteroatoms. The van der Waals surface area contributed by atoms with Gasteiger partial charge in [-0.3, -0.25) is 10.1 Å². The van der Waals surface area contributed by atoms with Crippen LogP contribution in [0.25, 0.3) is 12.2 Å². The third kappa shape index (κ3) is 6.35. The van der Waals surface area contributed by atoms with Gasteiger partial charge in [-0.1, -0.05) is 42.3 Å². The van der Waals surface area contributed by atoms with Gasteiger partial charge in [0.1, 0.15) is 17.2 Å². The van der Waals surface area contributed by atoms with Crippen LogP contribution in [0, 0.1) is 17.0 Å². The van der Waals surface area contributed by atoms with Crippen molar-refractivity contribution in [1.82, 2.24) is 14.9 Å². The van der Waals surface area contributed by atoms with E-state index in [0.29, 0.717) is 38.4 Å². The Morgan fingerprint density at radius 1 is 1.03 bits per heavy atom. The minimum Gasteiger partial charge on any atom is -0.495 e. The van der Waals surface area contributed by atoms with Gasteiger partial charge in [-0.05, 0) is 25.1 Å². The lowest BCUT2D eigenvalue weighted by Crippen LogP contribution is -2.46. The quantitative estimate of drug-likeness (QED) is 0.241. The molecule has 0 radical (unpaired) electrons. The minimum atomic E-state index is -0.381. The first-order chi connectivity index (χ1) is 18.7. The highest BCUT2D eigenvalue weighted by atomic mass is 35.5. The average molecular weight is 573 g/mol. The SMILES string of the molecule is CCN1CCN(c2cc(C)c(Nc3ncc(/C=C/c4c(Cl)c(OC)cc(OC)c4Cl)cn3)c([N+](=O)[O-])c2)CC1. The molecule has 39 heavy (non-hydrogen) atoms. The molecule has 1 aliphatic rings. The van der Waals surface area contributed by atoms with Crippen LogP contribution in [-0.4, -0.2) is 66.7 Å². The second-order valence-electron chi connectivity index (χ2n) is 8.96. The summed E-state index contributed by atoms with van der Waals surface area (Å²) in [6.07, 6.45) is 6.65. The summed E-state index contributed by atoms with van der Waals surface area (Å²) in [5.74, 6) is 1.10. The number of anilines is 3. The topological polar surface area (TPSA) is 106 Å². The zero-order valence-electron chi connectivity index (χ0n) is 22.2. The maximum atomic E-state index is 12.0. The van der Waals surface area contributed by atoms with E-state index < -0.39 is 0 Å². The van der Waals surface area contributed by atoms with Crippen LogP contribution >= 0.6 is 23.2 Å². The van der Waals surface area contributed by atoms with Crippen LogP contribution in [0.4, 0.5) is 23.0 Å². The van der Waals surface area contributed by atoms with Crippen LogP contribution in [0.15, 0.2) is 30.6 Å². The van der Waals surface area contributed by atoms with Crippen molar-refractivity contribution >= 4 is 58.4 Å². The molecular weight excluding hydrogens is 543 g/mol. The number of hydrogen-bond donors (Lipinski definition) is 1. The molecule has 2 heterocycles. The van der Waals surface area contributed by atoms with Crippen molar-refractivity contribution in [1.29, 1.82) is 0 Å². The van der Waals surface area contributed by atoms with E-state index in [9.17, 15) is 10.1 Å². The van der Waals surface area contributed by atoms with E-state index in [1.165, 1.54) is 14.2 Å². The first-order valence-corrected chi connectivity index (χ1v) is 13.1. The number of aryl methyl sites for hydroxylation is 1. The number of halogens is 2. The molecule has 3 aromatic rings. The molecule has 1 N–H and O–H groups in total. The Bertz CT molecular complexity index is 1350. The van der Waals surface area contributed by atoms with Crippen LogP contribution in [0.1, 0.15) is 23.6 Å². The first-order valence-electron chi connectivity index (χ1n) is 12.4. The van der Waals surface area contributed by atoms with Gasteiger partial charge in [0.15, 0.2) is 0 Å². The standard InChI is InChI=1S/C27H30Cl2N6O4/c1-5-33-8-10-34(11-9-33)19-12-17(2)26(21(13-19)35(36)37)32-27-30-15-18(16-31-27)6-7-20-24(28)22(38-3)14-23(39-4)25(20)29/h6-7,12-16H,5,8-11H2,1-4H3,(H,30,31,32)/b7-6+. The lowest BCUT2D eigenvalue weighted by Gasteiger charge is -2.35. The summed E-state index contributed by atoms with van der Waals surface area (Å²) in [6, 6.07) is 5.19. The second-order valence-corrected chi connectivity index (χ2v) is 9.71. The van der Waals surface area contributed by atoms with Gasteiger partial charge in [-0.25, -0.2) is 9.97 Å². The average Bonchev–Trinajstić information content (AvgIpc) is 2.94. The monoisotopic (exact) mass is 572 g/mol. The number of rotatable bonds is 9. The van der Waals surface area contributed by atoms with Crippen molar-refractivity contribution in [3.63, 3.8) is 0 Å². The fourth-order valence-corrected chi connectivity index (χ4v) is 5.02. The predicted molar refractivity (Wildman–Crippen MR) is 156 cm³/mol. The van der Waals surface area contributed by atoms with Crippen LogP contribution in [0.3, 0.4) is 0 Å². The molecule has 0 saturated carbocycles. The molecule has 2 aromatic carbocycles. The number of nitro benzene ring substituents is 1. The Balaban J connectivity index is 1.54. The van der Waals surface area contributed by atoms with Crippen LogP contribution in [0.2, 0.25) is 10.0 Å². The maximum Gasteiger partial charge on any atom is 0.295 e. The number of hydrogen-bond acceptors (Lipinski definition) is 9. The van der Waals surface area contributed by atoms with Gasteiger partial charge in [0.05, 0.1) is 29.2 Å². The van der Waals surface area contributed by atoms with Gasteiger partial charge in [-0.2, -0.15) is 0 Å². The molecule has 1 aromatic heterocycles. The Kier molecular flexibility index (Phi) is 9.11. The van der Waals surface area contributed by atoms with Gasteiger partial charge in [0, 0.05) is 67.5 Å². The van der Waals surface area contributed by atoms with Gasteiger partial charge >= 0.3 is 0 Å². The number of piperazine rings is 1. The summed E-state index contributed by atoms with van der Waals surface area (Å²) >= 11 is 12.9. The van der Waals surface area contributed by atoms with Gasteiger partial charge < -0.3 is 24.6 Å². The number of nitrogens with one attached hydrogen (secondary N) is 1. The summed E-state index contributed by atoms with van der Waals surface area (Å²) in [6.45, 7) is 8.50. The van der Waals surface area contributed by atoms with Gasteiger partial charge in [0.2, 0.25) is 5.95 Å². The number of likely N-dealkylation sites (N-methyl/N-ethyl adjacent to an activating group) is 1. The van der Waals surface area contributed by atoms with Crippen molar-refractivity contribution in [2.24, 2.45) is 0 Å². The number of aromatic nitrogens is 2. The van der Waals surface area contributed by atoms with E-state index in [0.717, 1.165) is 44.0 Å². The number of benzene rings is 2. The van der Waals surface area contributed by atoms with Crippen LogP contribution in [0.5, 0.6) is 11.5 Å². The van der Waals surface area contributed by atoms with E-state index in [1.54, 1.807) is 36.7 Å². The molecule has 10 nitrogen and oxygen atoms in total. The maximum absolute atomic E-state index is 12.0. The molecular formula is C27H30Cl2N6O4. The van der Waals surface area contributed by atoms with E-state index in [4.69, 9.17) is 32.7 Å². The minimum absolute atomic E-state index is 0.0215. The van der Waals surface area contributed by atoms with E-state index in [1.807, 2.05) is 13.0 Å². The summed E-state index contributed by atoms with van der Waals surface area (Å²) in [4.78, 5) is 24.8. The Morgan fingerprint density at radius 2 is 1.64 bits per heavy atom. The van der Waals surface area contributed by atoms with Crippen molar-refractivity contribution in [2.45, 2.75) is 13.8 Å². The lowest BCUT2D eigenvalue weighted by molar-refractivity contribution is -0.383. The lowest BCUT2D eigenvalue weighted by atomic mass is 10.1. The molecule has 206 valence electrons. The smallest absolute Gasteiger partial charge is 0.295 e. The van der Waals surface area contributed by atoms with Crippen molar-refractivity contribution in [3.05, 3.63) is 67.4 Å². The largest absolute Gasteiger partial charge is 0.495 e. The molecule has 4 rings (SSSR count). The normalized spacial score (nSPS) is 14.1. The van der Waals surface area contributed by atoms with Crippen molar-refractivity contribution in [2.75, 3.05) is 57.2 Å². The van der Waals surface area contributed by atoms with Crippen LogP contribution < -0.4 is 19.7 Å². The zero-order chi connectivity index (χ0) is 28.1. The number of nitrogens with zero attached hydrogens (tertiary/aromatic N) is 5. The third-order valence-corrected chi connectivity index (χ3v) is 7.42. The van der Waals surface area contributed by atoms with E-state index in [2.05, 4.69) is 32.0 Å². The molecule has 1 saturated heterocycles. The highest BCUT2D eigenvalue weighted by Gasteiger charge is 2.23. The van der Waals surface area contributed by atoms with Crippen molar-refractivity contribution in [3.8, 4) is 11.5 Å². The number of methoxy groups -OCH3 is 2. The summed E-state index contributed by atoms with van der Waals surface area (Å²) in [5, 5.41) is 15.7. The molecule has 0 spiro atoms. The number of nitro groups is 1. The summed E-state index contributed by atoms with van der Waals surface area (Å²) < 4.78 is 10.6. The fourth-order valence-electron chi connectivity index (χ4n) is 4.39. The summed E-state index contributed by atoms with van der Waals surface area (Å²) in [7, 11) is 3.02. The Morgan fingerprint density at radius 3 is 2.18 bits per heavy atom. The molecule has 0 aliphatic carbocycles. The van der Waals surface area contributed by atoms with Crippen molar-refractivity contribution < 1.29 is 14.4 Å². The third-order valence-electron chi connectivity index (χ3n) is 6.64. The highest BCUT2D eigenvalue weighted by Crippen LogP contribution is 2.41. The molecule has 0 bridgehead atoms. The van der Waals surface area contributed by atoms with Gasteiger partial charge in [0.25, 0.3) is 5.69 Å². The Hall–Kier alpha value is -3.60. The molecule has 1 aliphatic heterocycles. The zero-order valence-corrected chi connectivity index (χ0v) is 23.7. The van der Waals surface area contributed by atoms with E-state index >= 15 is 0 Å². The van der Waals surface area contributed by atoms with Crippen LogP contribution in [-0.2, 0) is 0 Å². The predicted octanol–water partition coefficient (Wildman–Crippen LogP) is 6.07. The number of ether oxygens (including phenoxy) is 2. The molecule has 1 fully saturated rings. The second kappa shape index (κ2) is 12.5. The first kappa shape index (κ1) is 28.4. The Labute approximate surface area is 237 Å². The summed E-state index contributed by atoms with van der Waals surface area (Å²) in [5.41, 5.74) is 3.11. The molecule has 0 atom stereocenters. The van der Waals surface area contributed by atoms with E-state index in [-0.39, 0.29) is 16.6 Å². The van der Waals surface area contributed by atoms with Gasteiger partial charge in [-0.15, -0.1) is 0 Å². The molecule has 0 unspecified atom stereocenters. The molecule has 0 amide bonds.